The van der Waals surface area contributed by atoms with Crippen LogP contribution < -0.4 is 11.1 Å². The number of guanidine groups is 1. The number of rotatable bonds is 4. The van der Waals surface area contributed by atoms with Gasteiger partial charge in [-0.2, -0.15) is 0 Å². The highest BCUT2D eigenvalue weighted by Gasteiger charge is 2.53. The average Bonchev–Trinajstić information content (AvgIpc) is 3.14. The van der Waals surface area contributed by atoms with Gasteiger partial charge in [0.25, 0.3) is 0 Å². The Labute approximate surface area is 155 Å². The van der Waals surface area contributed by atoms with E-state index in [4.69, 9.17) is 10.5 Å². The fourth-order valence-corrected chi connectivity index (χ4v) is 3.91. The molecule has 0 radical (unpaired) electrons. The Hall–Kier alpha value is -0.570. The molecule has 3 fully saturated rings. The highest BCUT2D eigenvalue weighted by atomic mass is 127. The van der Waals surface area contributed by atoms with Crippen LogP contribution in [0.25, 0.3) is 0 Å². The Kier molecular flexibility index (Phi) is 5.81. The Balaban J connectivity index is 0.00000192. The van der Waals surface area contributed by atoms with Crippen molar-refractivity contribution < 1.29 is 9.53 Å². The molecule has 4 unspecified atom stereocenters. The van der Waals surface area contributed by atoms with E-state index in [9.17, 15) is 4.79 Å². The minimum Gasteiger partial charge on any atom is -0.374 e. The second-order valence-electron chi connectivity index (χ2n) is 7.44. The summed E-state index contributed by atoms with van der Waals surface area (Å²) in [6.45, 7) is 9.01. The van der Waals surface area contributed by atoms with Crippen molar-refractivity contribution in [2.24, 2.45) is 28.0 Å². The molecule has 0 spiro atoms. The zero-order chi connectivity index (χ0) is 15.9. The third-order valence-electron chi connectivity index (χ3n) is 5.38. The maximum atomic E-state index is 11.5. The highest BCUT2D eigenvalue weighted by Crippen LogP contribution is 2.47. The first-order chi connectivity index (χ1) is 10.4. The summed E-state index contributed by atoms with van der Waals surface area (Å²) in [5.41, 5.74) is 4.83. The monoisotopic (exact) mass is 436 g/mol. The van der Waals surface area contributed by atoms with E-state index in [1.165, 1.54) is 12.8 Å². The second-order valence-corrected chi connectivity index (χ2v) is 7.44. The van der Waals surface area contributed by atoms with Crippen molar-refractivity contribution in [3.8, 4) is 0 Å². The number of hydrogen-bond donors (Lipinski definition) is 2. The van der Waals surface area contributed by atoms with Crippen molar-refractivity contribution in [2.45, 2.75) is 45.8 Å². The molecule has 0 aromatic heterocycles. The summed E-state index contributed by atoms with van der Waals surface area (Å²) in [5, 5.41) is 3.36. The van der Waals surface area contributed by atoms with E-state index in [0.717, 1.165) is 25.6 Å². The van der Waals surface area contributed by atoms with Crippen LogP contribution in [0.15, 0.2) is 4.99 Å². The maximum Gasteiger partial charge on any atom is 0.224 e. The summed E-state index contributed by atoms with van der Waals surface area (Å²) in [6.07, 6.45) is 3.32. The first kappa shape index (κ1) is 18.8. The molecule has 1 amide bonds. The number of ether oxygens (including phenoxy) is 1. The Morgan fingerprint density at radius 1 is 1.30 bits per heavy atom. The van der Waals surface area contributed by atoms with Crippen molar-refractivity contribution in [3.63, 3.8) is 0 Å². The van der Waals surface area contributed by atoms with Crippen molar-refractivity contribution in [1.29, 1.82) is 0 Å². The molecule has 4 atom stereocenters. The Bertz CT molecular complexity index is 465. The summed E-state index contributed by atoms with van der Waals surface area (Å²) in [7, 11) is 0. The normalized spacial score (nSPS) is 32.7. The lowest BCUT2D eigenvalue weighted by Crippen LogP contribution is -2.43. The number of nitrogens with two attached hydrogens (primary N) is 1. The third kappa shape index (κ3) is 3.60. The van der Waals surface area contributed by atoms with Crippen LogP contribution in [0.3, 0.4) is 0 Å². The zero-order valence-electron chi connectivity index (χ0n) is 14.2. The predicted molar refractivity (Wildman–Crippen MR) is 101 cm³/mol. The number of amides is 1. The lowest BCUT2D eigenvalue weighted by molar-refractivity contribution is -0.125. The number of likely N-dealkylation sites (tertiary alicyclic amines) is 1. The number of carbonyl (C=O) groups is 1. The number of nitrogens with one attached hydrogen (secondary N) is 1. The lowest BCUT2D eigenvalue weighted by Gasteiger charge is -2.25. The predicted octanol–water partition coefficient (Wildman–Crippen LogP) is 1.19. The minimum absolute atomic E-state index is 0. The van der Waals surface area contributed by atoms with Gasteiger partial charge in [0.15, 0.2) is 5.96 Å². The number of nitrogens with zero attached hydrogens (tertiary/aromatic N) is 2. The second kappa shape index (κ2) is 7.13. The van der Waals surface area contributed by atoms with Gasteiger partial charge in [0.05, 0.1) is 24.2 Å². The summed E-state index contributed by atoms with van der Waals surface area (Å²) in [5.74, 6) is 1.89. The van der Waals surface area contributed by atoms with E-state index >= 15 is 0 Å². The molecule has 7 heteroatoms. The van der Waals surface area contributed by atoms with Gasteiger partial charge in [0.2, 0.25) is 5.91 Å². The fraction of sp³-hybridized carbons (Fsp3) is 0.875. The molecule has 0 aromatic carbocycles. The van der Waals surface area contributed by atoms with Crippen LogP contribution in [0.5, 0.6) is 0 Å². The van der Waals surface area contributed by atoms with Gasteiger partial charge in [-0.1, -0.05) is 0 Å². The topological polar surface area (TPSA) is 79.9 Å². The standard InChI is InChI=1S/C16H28N4O2.HI/c1-4-18-15(19-9-16(2,3)14(17)21)20-7-10-11(8-20)13-6-5-12(10)22-13;/h10-13H,4-9H2,1-3H3,(H2,17,21)(H,18,19);1H. The van der Waals surface area contributed by atoms with Crippen molar-refractivity contribution in [3.05, 3.63) is 0 Å². The number of carbonyl (C=O) groups excluding carboxylic acids is 1. The van der Waals surface area contributed by atoms with Crippen molar-refractivity contribution in [1.82, 2.24) is 10.2 Å². The van der Waals surface area contributed by atoms with Crippen molar-refractivity contribution in [2.75, 3.05) is 26.2 Å². The first-order valence-corrected chi connectivity index (χ1v) is 8.41. The summed E-state index contributed by atoms with van der Waals surface area (Å²) in [4.78, 5) is 18.5. The molecule has 3 heterocycles. The summed E-state index contributed by atoms with van der Waals surface area (Å²) < 4.78 is 6.02. The first-order valence-electron chi connectivity index (χ1n) is 8.41. The molecule has 3 aliphatic rings. The van der Waals surface area contributed by atoms with Gasteiger partial charge in [0, 0.05) is 31.5 Å². The van der Waals surface area contributed by atoms with E-state index in [-0.39, 0.29) is 29.9 Å². The molecule has 3 aliphatic heterocycles. The molecular weight excluding hydrogens is 407 g/mol. The number of halogens is 1. The molecule has 0 aliphatic carbocycles. The van der Waals surface area contributed by atoms with E-state index in [1.54, 1.807) is 0 Å². The Morgan fingerprint density at radius 3 is 2.35 bits per heavy atom. The lowest BCUT2D eigenvalue weighted by atomic mass is 9.82. The molecule has 23 heavy (non-hydrogen) atoms. The smallest absolute Gasteiger partial charge is 0.224 e. The quantitative estimate of drug-likeness (QED) is 0.394. The van der Waals surface area contributed by atoms with Gasteiger partial charge in [-0.15, -0.1) is 24.0 Å². The van der Waals surface area contributed by atoms with E-state index < -0.39 is 5.41 Å². The molecule has 3 N–H and O–H groups in total. The average molecular weight is 436 g/mol. The number of fused-ring (bicyclic) bond motifs is 5. The number of aliphatic imine (C=N–C) groups is 1. The largest absolute Gasteiger partial charge is 0.374 e. The van der Waals surface area contributed by atoms with Crippen molar-refractivity contribution >= 4 is 35.8 Å². The van der Waals surface area contributed by atoms with Crippen LogP contribution in [-0.4, -0.2) is 55.2 Å². The summed E-state index contributed by atoms with van der Waals surface area (Å²) >= 11 is 0. The molecule has 0 aromatic rings. The molecule has 0 saturated carbocycles. The van der Waals surface area contributed by atoms with Gasteiger partial charge >= 0.3 is 0 Å². The molecule has 3 saturated heterocycles. The molecule has 6 nitrogen and oxygen atoms in total. The molecule has 2 bridgehead atoms. The molecular formula is C16H29IN4O2. The van der Waals surface area contributed by atoms with E-state index in [2.05, 4.69) is 22.1 Å². The number of primary amides is 1. The van der Waals surface area contributed by atoms with Gasteiger partial charge < -0.3 is 20.7 Å². The molecule has 3 rings (SSSR count). The number of hydrogen-bond acceptors (Lipinski definition) is 3. The summed E-state index contributed by atoms with van der Waals surface area (Å²) in [6, 6.07) is 0. The van der Waals surface area contributed by atoms with Crippen LogP contribution in [0.2, 0.25) is 0 Å². The van der Waals surface area contributed by atoms with Gasteiger partial charge in [-0.3, -0.25) is 9.79 Å². The van der Waals surface area contributed by atoms with Crippen LogP contribution in [0, 0.1) is 17.3 Å². The third-order valence-corrected chi connectivity index (χ3v) is 5.38. The van der Waals surface area contributed by atoms with Gasteiger partial charge in [-0.25, -0.2) is 0 Å². The zero-order valence-corrected chi connectivity index (χ0v) is 16.6. The fourth-order valence-electron chi connectivity index (χ4n) is 3.91. The van der Waals surface area contributed by atoms with Crippen LogP contribution in [0.4, 0.5) is 0 Å². The highest BCUT2D eigenvalue weighted by molar-refractivity contribution is 14.0. The molecule has 132 valence electrons. The maximum absolute atomic E-state index is 11.5. The Morgan fingerprint density at radius 2 is 1.87 bits per heavy atom. The van der Waals surface area contributed by atoms with Crippen LogP contribution in [0.1, 0.15) is 33.6 Å². The van der Waals surface area contributed by atoms with Gasteiger partial charge in [0.1, 0.15) is 0 Å². The van der Waals surface area contributed by atoms with E-state index in [1.807, 2.05) is 13.8 Å². The van der Waals surface area contributed by atoms with Crippen LogP contribution >= 0.6 is 24.0 Å². The van der Waals surface area contributed by atoms with E-state index in [0.29, 0.717) is 30.6 Å². The SMILES string of the molecule is CCNC(=NCC(C)(C)C(N)=O)N1CC2C3CCC(O3)C2C1.I. The minimum atomic E-state index is -0.613. The van der Waals surface area contributed by atoms with Crippen LogP contribution in [-0.2, 0) is 9.53 Å². The van der Waals surface area contributed by atoms with Gasteiger partial charge in [-0.05, 0) is 33.6 Å².